The number of hydrogen-bond acceptors (Lipinski definition) is 6. The lowest BCUT2D eigenvalue weighted by molar-refractivity contribution is -0.122. The SMILES string of the molecule is COc1ccc(OC)c(N2C(=O)C3C(C2=O)C(C(=O)c2ccccc2)N2c4ccc5ccccc5c4C=CC32)c1. The van der Waals surface area contributed by atoms with E-state index in [1.165, 1.54) is 19.1 Å². The molecular weight excluding hydrogens is 504 g/mol. The summed E-state index contributed by atoms with van der Waals surface area (Å²) in [5, 5.41) is 2.14. The molecule has 0 aromatic heterocycles. The van der Waals surface area contributed by atoms with Crippen LogP contribution in [0.1, 0.15) is 15.9 Å². The number of hydrogen-bond donors (Lipinski definition) is 0. The molecule has 0 spiro atoms. The van der Waals surface area contributed by atoms with Crippen molar-refractivity contribution >= 4 is 45.8 Å². The van der Waals surface area contributed by atoms with Crippen LogP contribution in [-0.4, -0.2) is 43.9 Å². The number of benzene rings is 4. The Bertz CT molecular complexity index is 1730. The number of Topliss-reactive ketones (excluding diaryl/α,β-unsaturated/α-hetero) is 1. The molecule has 4 aromatic rings. The first kappa shape index (κ1) is 24.2. The molecule has 3 aliphatic rings. The zero-order chi connectivity index (χ0) is 27.5. The number of ketones is 1. The molecule has 4 unspecified atom stereocenters. The Labute approximate surface area is 231 Å². The lowest BCUT2D eigenvalue weighted by atomic mass is 9.86. The van der Waals surface area contributed by atoms with Gasteiger partial charge in [0.1, 0.15) is 17.5 Å². The fourth-order valence-electron chi connectivity index (χ4n) is 6.61. The van der Waals surface area contributed by atoms with Gasteiger partial charge in [-0.15, -0.1) is 0 Å². The van der Waals surface area contributed by atoms with E-state index < -0.39 is 29.8 Å². The highest BCUT2D eigenvalue weighted by molar-refractivity contribution is 6.26. The van der Waals surface area contributed by atoms with Crippen LogP contribution in [0.2, 0.25) is 0 Å². The molecule has 7 heteroatoms. The van der Waals surface area contributed by atoms with Gasteiger partial charge in [-0.05, 0) is 29.0 Å². The lowest BCUT2D eigenvalue weighted by Crippen LogP contribution is -2.48. The number of imide groups is 1. The van der Waals surface area contributed by atoms with E-state index in [4.69, 9.17) is 9.47 Å². The van der Waals surface area contributed by atoms with Gasteiger partial charge in [-0.2, -0.15) is 0 Å². The summed E-state index contributed by atoms with van der Waals surface area (Å²) in [5.74, 6) is -1.70. The highest BCUT2D eigenvalue weighted by atomic mass is 16.5. The Morgan fingerprint density at radius 1 is 0.775 bits per heavy atom. The molecule has 0 bridgehead atoms. The minimum atomic E-state index is -0.872. The molecule has 3 heterocycles. The summed E-state index contributed by atoms with van der Waals surface area (Å²) in [4.78, 5) is 45.9. The van der Waals surface area contributed by atoms with Crippen LogP contribution in [0.25, 0.3) is 16.8 Å². The minimum absolute atomic E-state index is 0.187. The fourth-order valence-corrected chi connectivity index (χ4v) is 6.61. The monoisotopic (exact) mass is 530 g/mol. The zero-order valence-electron chi connectivity index (χ0n) is 22.0. The largest absolute Gasteiger partial charge is 0.497 e. The second kappa shape index (κ2) is 9.09. The Morgan fingerprint density at radius 2 is 1.52 bits per heavy atom. The standard InChI is InChI=1S/C33H26N2O5/c1-39-21-13-17-27(40-2)26(18-21)35-32(37)28-25-16-14-23-22-11-7-6-8-19(22)12-15-24(23)34(25)30(29(28)33(35)38)31(36)20-9-4-3-5-10-20/h3-18,25,28-30H,1-2H3. The van der Waals surface area contributed by atoms with E-state index in [0.717, 1.165) is 22.0 Å². The molecule has 2 fully saturated rings. The number of rotatable bonds is 5. The van der Waals surface area contributed by atoms with Crippen LogP contribution in [0, 0.1) is 11.8 Å². The number of carbonyl (C=O) groups excluding carboxylic acids is 3. The Balaban J connectivity index is 1.41. The molecule has 4 aromatic carbocycles. The summed E-state index contributed by atoms with van der Waals surface area (Å²) in [7, 11) is 3.01. The zero-order valence-corrected chi connectivity index (χ0v) is 22.0. The number of fused-ring (bicyclic) bond motifs is 7. The fraction of sp³-hybridized carbons (Fsp3) is 0.182. The van der Waals surface area contributed by atoms with Gasteiger partial charge in [-0.3, -0.25) is 14.4 Å². The van der Waals surface area contributed by atoms with E-state index in [1.54, 1.807) is 30.3 Å². The highest BCUT2D eigenvalue weighted by Gasteiger charge is 2.64. The third-order valence-electron chi connectivity index (χ3n) is 8.37. The quantitative estimate of drug-likeness (QED) is 0.263. The summed E-state index contributed by atoms with van der Waals surface area (Å²) in [5.41, 5.74) is 2.64. The first-order chi connectivity index (χ1) is 19.5. The molecule has 40 heavy (non-hydrogen) atoms. The van der Waals surface area contributed by atoms with Gasteiger partial charge in [-0.25, -0.2) is 4.90 Å². The Kier molecular flexibility index (Phi) is 5.49. The molecule has 7 rings (SSSR count). The van der Waals surface area contributed by atoms with Crippen LogP contribution in [0.5, 0.6) is 11.5 Å². The molecule has 0 radical (unpaired) electrons. The maximum absolute atomic E-state index is 14.3. The van der Waals surface area contributed by atoms with Crippen molar-refractivity contribution in [3.63, 3.8) is 0 Å². The first-order valence-corrected chi connectivity index (χ1v) is 13.2. The van der Waals surface area contributed by atoms with E-state index >= 15 is 0 Å². The van der Waals surface area contributed by atoms with Gasteiger partial charge in [0.15, 0.2) is 5.78 Å². The van der Waals surface area contributed by atoms with Gasteiger partial charge in [0.2, 0.25) is 11.8 Å². The van der Waals surface area contributed by atoms with Crippen LogP contribution in [-0.2, 0) is 9.59 Å². The summed E-state index contributed by atoms with van der Waals surface area (Å²) in [6.45, 7) is 0. The van der Waals surface area contributed by atoms with Crippen LogP contribution in [0.15, 0.2) is 91.0 Å². The number of amides is 2. The van der Waals surface area contributed by atoms with Gasteiger partial charge in [0.05, 0.1) is 37.8 Å². The Morgan fingerprint density at radius 3 is 2.30 bits per heavy atom. The molecule has 3 aliphatic heterocycles. The smallest absolute Gasteiger partial charge is 0.240 e. The van der Waals surface area contributed by atoms with Gasteiger partial charge in [0, 0.05) is 22.9 Å². The highest BCUT2D eigenvalue weighted by Crippen LogP contribution is 2.51. The predicted molar refractivity (Wildman–Crippen MR) is 153 cm³/mol. The normalized spacial score (nSPS) is 22.8. The van der Waals surface area contributed by atoms with Crippen LogP contribution in [0.4, 0.5) is 11.4 Å². The lowest BCUT2D eigenvalue weighted by Gasteiger charge is -2.37. The van der Waals surface area contributed by atoms with Crippen molar-refractivity contribution in [3.8, 4) is 11.5 Å². The molecule has 2 saturated heterocycles. The number of nitrogens with zero attached hydrogens (tertiary/aromatic N) is 2. The van der Waals surface area contributed by atoms with E-state index in [1.807, 2.05) is 65.6 Å². The number of methoxy groups -OCH3 is 2. The molecule has 7 nitrogen and oxygen atoms in total. The maximum atomic E-state index is 14.3. The maximum Gasteiger partial charge on any atom is 0.240 e. The predicted octanol–water partition coefficient (Wildman–Crippen LogP) is 5.13. The van der Waals surface area contributed by atoms with E-state index in [-0.39, 0.29) is 11.7 Å². The van der Waals surface area contributed by atoms with Gasteiger partial charge >= 0.3 is 0 Å². The summed E-state index contributed by atoms with van der Waals surface area (Å²) < 4.78 is 10.9. The molecule has 0 aliphatic carbocycles. The van der Waals surface area contributed by atoms with Crippen LogP contribution < -0.4 is 19.3 Å². The van der Waals surface area contributed by atoms with Crippen molar-refractivity contribution in [3.05, 3.63) is 102 Å². The van der Waals surface area contributed by atoms with Crippen LogP contribution in [0.3, 0.4) is 0 Å². The van der Waals surface area contributed by atoms with Crippen molar-refractivity contribution in [2.45, 2.75) is 12.1 Å². The summed E-state index contributed by atoms with van der Waals surface area (Å²) in [6.07, 6.45) is 4.00. The molecule has 4 atom stereocenters. The van der Waals surface area contributed by atoms with Gasteiger partial charge in [-0.1, -0.05) is 72.8 Å². The van der Waals surface area contributed by atoms with Crippen LogP contribution >= 0.6 is 0 Å². The van der Waals surface area contributed by atoms with Crippen molar-refractivity contribution in [1.82, 2.24) is 0 Å². The third-order valence-corrected chi connectivity index (χ3v) is 8.37. The van der Waals surface area contributed by atoms with Crippen molar-refractivity contribution < 1.29 is 23.9 Å². The number of anilines is 2. The van der Waals surface area contributed by atoms with E-state index in [0.29, 0.717) is 22.7 Å². The van der Waals surface area contributed by atoms with Gasteiger partial charge < -0.3 is 14.4 Å². The third kappa shape index (κ3) is 3.33. The van der Waals surface area contributed by atoms with E-state index in [2.05, 4.69) is 6.07 Å². The second-order valence-electron chi connectivity index (χ2n) is 10.3. The topological polar surface area (TPSA) is 76.1 Å². The number of carbonyl (C=O) groups is 3. The van der Waals surface area contributed by atoms with Crippen molar-refractivity contribution in [2.75, 3.05) is 24.0 Å². The summed E-state index contributed by atoms with van der Waals surface area (Å²) >= 11 is 0. The Hall–Kier alpha value is -4.91. The van der Waals surface area contributed by atoms with E-state index in [9.17, 15) is 14.4 Å². The molecule has 0 saturated carbocycles. The minimum Gasteiger partial charge on any atom is -0.497 e. The first-order valence-electron chi connectivity index (χ1n) is 13.2. The molecular formula is C33H26N2O5. The van der Waals surface area contributed by atoms with Crippen molar-refractivity contribution in [1.29, 1.82) is 0 Å². The second-order valence-corrected chi connectivity index (χ2v) is 10.3. The van der Waals surface area contributed by atoms with Gasteiger partial charge in [0.25, 0.3) is 0 Å². The average molecular weight is 531 g/mol. The molecule has 2 amide bonds. The van der Waals surface area contributed by atoms with Crippen molar-refractivity contribution in [2.24, 2.45) is 11.8 Å². The summed E-state index contributed by atoms with van der Waals surface area (Å²) in [6, 6.07) is 24.8. The molecule has 198 valence electrons. The average Bonchev–Trinajstić information content (AvgIpc) is 3.48. The number of ether oxygens (including phenoxy) is 2. The molecule has 0 N–H and O–H groups in total.